The molecular formula is C12H24N2O2S. The lowest BCUT2D eigenvalue weighted by Crippen LogP contribution is -2.43. The summed E-state index contributed by atoms with van der Waals surface area (Å²) in [4.78, 5) is 0. The average molecular weight is 260 g/mol. The van der Waals surface area contributed by atoms with Crippen LogP contribution in [0.2, 0.25) is 0 Å². The summed E-state index contributed by atoms with van der Waals surface area (Å²) in [5.74, 6) is 0. The Morgan fingerprint density at radius 2 is 2.24 bits per heavy atom. The van der Waals surface area contributed by atoms with E-state index in [9.17, 15) is 8.42 Å². The van der Waals surface area contributed by atoms with Crippen LogP contribution in [0.5, 0.6) is 0 Å². The summed E-state index contributed by atoms with van der Waals surface area (Å²) < 4.78 is 26.1. The molecule has 4 nitrogen and oxygen atoms in total. The van der Waals surface area contributed by atoms with Crippen LogP contribution in [0.15, 0.2) is 11.6 Å². The Labute approximate surface area is 105 Å². The zero-order chi connectivity index (χ0) is 12.9. The third-order valence-electron chi connectivity index (χ3n) is 3.13. The fourth-order valence-electron chi connectivity index (χ4n) is 1.83. The molecule has 0 aromatic rings. The third kappa shape index (κ3) is 4.08. The molecule has 17 heavy (non-hydrogen) atoms. The second-order valence-electron chi connectivity index (χ2n) is 4.72. The molecule has 1 aliphatic rings. The quantitative estimate of drug-likeness (QED) is 0.579. The first kappa shape index (κ1) is 14.7. The first-order valence-electron chi connectivity index (χ1n) is 6.33. The van der Waals surface area contributed by atoms with Gasteiger partial charge in [0.1, 0.15) is 0 Å². The molecular weight excluding hydrogens is 236 g/mol. The Morgan fingerprint density at radius 3 is 2.76 bits per heavy atom. The number of nitrogens with zero attached hydrogens (tertiary/aromatic N) is 1. The molecule has 0 aliphatic carbocycles. The lowest BCUT2D eigenvalue weighted by molar-refractivity contribution is 0.422. The molecule has 0 fully saturated rings. The first-order chi connectivity index (χ1) is 7.98. The molecule has 5 heteroatoms. The summed E-state index contributed by atoms with van der Waals surface area (Å²) in [6.07, 6.45) is 3.89. The number of hydrogen-bond acceptors (Lipinski definition) is 3. The average Bonchev–Trinajstić information content (AvgIpc) is 2.29. The van der Waals surface area contributed by atoms with Crippen molar-refractivity contribution >= 4 is 10.0 Å². The van der Waals surface area contributed by atoms with Gasteiger partial charge in [-0.05, 0) is 33.2 Å². The predicted molar refractivity (Wildman–Crippen MR) is 71.5 cm³/mol. The van der Waals surface area contributed by atoms with Crippen LogP contribution in [-0.4, -0.2) is 44.2 Å². The molecule has 1 atom stereocenters. The van der Waals surface area contributed by atoms with Crippen molar-refractivity contribution in [3.8, 4) is 0 Å². The minimum atomic E-state index is -3.14. The molecule has 0 saturated carbocycles. The van der Waals surface area contributed by atoms with Crippen molar-refractivity contribution in [1.29, 1.82) is 0 Å². The maximum atomic E-state index is 12.2. The third-order valence-corrected chi connectivity index (χ3v) is 5.36. The summed E-state index contributed by atoms with van der Waals surface area (Å²) in [6, 6.07) is 0. The van der Waals surface area contributed by atoms with E-state index in [1.54, 1.807) is 11.2 Å². The molecule has 1 N–H and O–H groups in total. The van der Waals surface area contributed by atoms with Gasteiger partial charge in [-0.3, -0.25) is 0 Å². The van der Waals surface area contributed by atoms with Gasteiger partial charge < -0.3 is 5.32 Å². The van der Waals surface area contributed by atoms with E-state index in [-0.39, 0.29) is 5.25 Å². The summed E-state index contributed by atoms with van der Waals surface area (Å²) in [5.41, 5.74) is 1.29. The van der Waals surface area contributed by atoms with Crippen LogP contribution in [0.1, 0.15) is 33.6 Å². The van der Waals surface area contributed by atoms with Gasteiger partial charge >= 0.3 is 0 Å². The highest BCUT2D eigenvalue weighted by molar-refractivity contribution is 7.89. The van der Waals surface area contributed by atoms with Crippen molar-refractivity contribution in [2.24, 2.45) is 0 Å². The smallest absolute Gasteiger partial charge is 0.218 e. The van der Waals surface area contributed by atoms with Crippen LogP contribution in [0.3, 0.4) is 0 Å². The minimum absolute atomic E-state index is 0.346. The van der Waals surface area contributed by atoms with Gasteiger partial charge in [0.05, 0.1) is 5.25 Å². The molecule has 100 valence electrons. The van der Waals surface area contributed by atoms with Gasteiger partial charge in [-0.25, -0.2) is 8.42 Å². The van der Waals surface area contributed by atoms with E-state index in [4.69, 9.17) is 0 Å². The number of hydrogen-bond donors (Lipinski definition) is 1. The predicted octanol–water partition coefficient (Wildman–Crippen LogP) is 1.36. The first-order valence-corrected chi connectivity index (χ1v) is 7.84. The van der Waals surface area contributed by atoms with Gasteiger partial charge in [0.15, 0.2) is 0 Å². The summed E-state index contributed by atoms with van der Waals surface area (Å²) >= 11 is 0. The number of rotatable bonds is 6. The van der Waals surface area contributed by atoms with E-state index in [1.165, 1.54) is 5.57 Å². The number of nitrogens with one attached hydrogen (secondary N) is 1. The molecule has 1 unspecified atom stereocenters. The van der Waals surface area contributed by atoms with Crippen molar-refractivity contribution < 1.29 is 8.42 Å². The molecule has 0 amide bonds. The molecule has 0 spiro atoms. The molecule has 1 heterocycles. The Bertz CT molecular complexity index is 363. The van der Waals surface area contributed by atoms with Crippen LogP contribution < -0.4 is 5.32 Å². The molecule has 0 bridgehead atoms. The zero-order valence-corrected chi connectivity index (χ0v) is 11.9. The normalized spacial score (nSPS) is 20.1. The van der Waals surface area contributed by atoms with E-state index in [1.807, 2.05) is 6.08 Å². The van der Waals surface area contributed by atoms with E-state index < -0.39 is 10.0 Å². The molecule has 0 aromatic heterocycles. The van der Waals surface area contributed by atoms with Crippen LogP contribution in [-0.2, 0) is 10.0 Å². The Balaban J connectivity index is 2.55. The Kier molecular flexibility index (Phi) is 5.62. The minimum Gasteiger partial charge on any atom is -0.315 e. The molecule has 0 aromatic carbocycles. The van der Waals surface area contributed by atoms with Crippen molar-refractivity contribution in [2.45, 2.75) is 38.9 Å². The Morgan fingerprint density at radius 1 is 1.53 bits per heavy atom. The van der Waals surface area contributed by atoms with Gasteiger partial charge in [-0.2, -0.15) is 4.31 Å². The molecule has 1 aliphatic heterocycles. The van der Waals surface area contributed by atoms with Crippen molar-refractivity contribution in [2.75, 3.05) is 26.2 Å². The standard InChI is InChI=1S/C12H24N2O2S/c1-4-7-13-10-12(3)17(15,16)14-8-5-11(2)6-9-14/h5,12-13H,4,6-10H2,1-3H3. The van der Waals surface area contributed by atoms with Crippen molar-refractivity contribution in [3.63, 3.8) is 0 Å². The maximum Gasteiger partial charge on any atom is 0.218 e. The highest BCUT2D eigenvalue weighted by atomic mass is 32.2. The maximum absolute atomic E-state index is 12.2. The lowest BCUT2D eigenvalue weighted by atomic mass is 10.1. The molecule has 0 saturated heterocycles. The summed E-state index contributed by atoms with van der Waals surface area (Å²) in [5, 5.41) is 2.82. The van der Waals surface area contributed by atoms with Crippen LogP contribution in [0.25, 0.3) is 0 Å². The molecule has 0 radical (unpaired) electrons. The largest absolute Gasteiger partial charge is 0.315 e. The fraction of sp³-hybridized carbons (Fsp3) is 0.833. The van der Waals surface area contributed by atoms with Gasteiger partial charge in [-0.1, -0.05) is 18.6 Å². The van der Waals surface area contributed by atoms with E-state index >= 15 is 0 Å². The highest BCUT2D eigenvalue weighted by Crippen LogP contribution is 2.16. The molecule has 1 rings (SSSR count). The Hall–Kier alpha value is -0.390. The van der Waals surface area contributed by atoms with Gasteiger partial charge in [0, 0.05) is 19.6 Å². The van der Waals surface area contributed by atoms with E-state index in [0.717, 1.165) is 19.4 Å². The zero-order valence-electron chi connectivity index (χ0n) is 11.1. The monoisotopic (exact) mass is 260 g/mol. The van der Waals surface area contributed by atoms with E-state index in [2.05, 4.69) is 19.2 Å². The second kappa shape index (κ2) is 6.52. The van der Waals surface area contributed by atoms with Crippen molar-refractivity contribution in [1.82, 2.24) is 9.62 Å². The summed E-state index contributed by atoms with van der Waals surface area (Å²) in [6.45, 7) is 8.48. The van der Waals surface area contributed by atoms with Crippen LogP contribution in [0.4, 0.5) is 0 Å². The number of sulfonamides is 1. The fourth-order valence-corrected chi connectivity index (χ4v) is 3.29. The SMILES string of the molecule is CCCNCC(C)S(=O)(=O)N1CC=C(C)CC1. The van der Waals surface area contributed by atoms with E-state index in [0.29, 0.717) is 19.6 Å². The second-order valence-corrected chi connectivity index (χ2v) is 7.07. The van der Waals surface area contributed by atoms with Crippen molar-refractivity contribution in [3.05, 3.63) is 11.6 Å². The van der Waals surface area contributed by atoms with Gasteiger partial charge in [0.2, 0.25) is 10.0 Å². The van der Waals surface area contributed by atoms with Crippen LogP contribution in [0, 0.1) is 0 Å². The highest BCUT2D eigenvalue weighted by Gasteiger charge is 2.28. The lowest BCUT2D eigenvalue weighted by Gasteiger charge is -2.28. The van der Waals surface area contributed by atoms with Gasteiger partial charge in [0.25, 0.3) is 0 Å². The van der Waals surface area contributed by atoms with Crippen LogP contribution >= 0.6 is 0 Å². The summed E-state index contributed by atoms with van der Waals surface area (Å²) in [7, 11) is -3.14. The topological polar surface area (TPSA) is 49.4 Å². The van der Waals surface area contributed by atoms with Gasteiger partial charge in [-0.15, -0.1) is 0 Å².